The van der Waals surface area contributed by atoms with Crippen molar-refractivity contribution < 1.29 is 19.1 Å². The van der Waals surface area contributed by atoms with E-state index < -0.39 is 6.03 Å². The molecule has 3 amide bonds. The minimum absolute atomic E-state index is 0.0199. The monoisotopic (exact) mass is 308 g/mol. The van der Waals surface area contributed by atoms with Gasteiger partial charge in [0.25, 0.3) is 0 Å². The molecule has 8 nitrogen and oxygen atoms in total. The van der Waals surface area contributed by atoms with Crippen molar-refractivity contribution in [3.05, 3.63) is 18.2 Å². The number of carbonyl (C=O) groups is 2. The molecule has 22 heavy (non-hydrogen) atoms. The van der Waals surface area contributed by atoms with Gasteiger partial charge in [-0.25, -0.2) is 4.79 Å². The van der Waals surface area contributed by atoms with Gasteiger partial charge >= 0.3 is 6.03 Å². The number of carbonyl (C=O) groups excluding carboxylic acids is 2. The van der Waals surface area contributed by atoms with Crippen molar-refractivity contribution >= 4 is 23.3 Å². The number of anilines is 2. The lowest BCUT2D eigenvalue weighted by atomic mass is 10.2. The molecule has 1 unspecified atom stereocenters. The van der Waals surface area contributed by atoms with Gasteiger partial charge in [0.1, 0.15) is 5.75 Å². The third kappa shape index (κ3) is 4.61. The molecule has 1 atom stereocenters. The molecule has 1 heterocycles. The van der Waals surface area contributed by atoms with E-state index in [4.69, 9.17) is 15.2 Å². The Morgan fingerprint density at radius 2 is 2.27 bits per heavy atom. The molecule has 1 aromatic carbocycles. The summed E-state index contributed by atoms with van der Waals surface area (Å²) >= 11 is 0. The molecular formula is C14H20N4O4. The Morgan fingerprint density at radius 1 is 1.45 bits per heavy atom. The van der Waals surface area contributed by atoms with Crippen LogP contribution in [0, 0.1) is 0 Å². The van der Waals surface area contributed by atoms with Crippen LogP contribution in [0.2, 0.25) is 0 Å². The Hall–Kier alpha value is -2.32. The maximum atomic E-state index is 12.0. The smallest absolute Gasteiger partial charge is 0.316 e. The maximum Gasteiger partial charge on any atom is 0.316 e. The minimum atomic E-state index is -0.682. The van der Waals surface area contributed by atoms with Crippen molar-refractivity contribution in [2.45, 2.75) is 12.5 Å². The number of nitrogens with one attached hydrogen (secondary N) is 3. The highest BCUT2D eigenvalue weighted by atomic mass is 16.5. The fourth-order valence-corrected chi connectivity index (χ4v) is 2.19. The lowest BCUT2D eigenvalue weighted by Gasteiger charge is -2.23. The average molecular weight is 308 g/mol. The van der Waals surface area contributed by atoms with Crippen LogP contribution < -0.4 is 26.4 Å². The van der Waals surface area contributed by atoms with Gasteiger partial charge < -0.3 is 31.2 Å². The maximum absolute atomic E-state index is 12.0. The molecule has 120 valence electrons. The second-order valence-electron chi connectivity index (χ2n) is 4.88. The SMILES string of the molecule is COc1cc(NC(=O)CC2COCCN2)ccc1NC(N)=O. The van der Waals surface area contributed by atoms with E-state index in [2.05, 4.69) is 16.0 Å². The molecule has 0 aliphatic carbocycles. The zero-order valence-corrected chi connectivity index (χ0v) is 12.3. The Labute approximate surface area is 128 Å². The molecule has 1 aromatic rings. The van der Waals surface area contributed by atoms with E-state index in [1.54, 1.807) is 18.2 Å². The summed E-state index contributed by atoms with van der Waals surface area (Å²) in [5.74, 6) is 0.288. The van der Waals surface area contributed by atoms with E-state index in [0.29, 0.717) is 36.8 Å². The van der Waals surface area contributed by atoms with Crippen LogP contribution in [0.3, 0.4) is 0 Å². The largest absolute Gasteiger partial charge is 0.494 e. The number of morpholine rings is 1. The molecule has 0 aromatic heterocycles. The molecule has 1 aliphatic rings. The number of methoxy groups -OCH3 is 1. The predicted molar refractivity (Wildman–Crippen MR) is 82.1 cm³/mol. The second-order valence-corrected chi connectivity index (χ2v) is 4.88. The quantitative estimate of drug-likeness (QED) is 0.632. The lowest BCUT2D eigenvalue weighted by molar-refractivity contribution is -0.117. The predicted octanol–water partition coefficient (Wildman–Crippen LogP) is 0.503. The van der Waals surface area contributed by atoms with Gasteiger partial charge in [0.2, 0.25) is 5.91 Å². The van der Waals surface area contributed by atoms with Crippen LogP contribution in [0.15, 0.2) is 18.2 Å². The average Bonchev–Trinajstić information content (AvgIpc) is 2.49. The summed E-state index contributed by atoms with van der Waals surface area (Å²) in [4.78, 5) is 22.9. The first-order chi connectivity index (χ1) is 10.6. The lowest BCUT2D eigenvalue weighted by Crippen LogP contribution is -2.43. The van der Waals surface area contributed by atoms with Crippen LogP contribution >= 0.6 is 0 Å². The fraction of sp³-hybridized carbons (Fsp3) is 0.429. The second kappa shape index (κ2) is 7.62. The normalized spacial score (nSPS) is 17.6. The van der Waals surface area contributed by atoms with E-state index in [-0.39, 0.29) is 11.9 Å². The number of rotatable bonds is 5. The molecule has 1 aliphatic heterocycles. The van der Waals surface area contributed by atoms with E-state index in [9.17, 15) is 9.59 Å². The van der Waals surface area contributed by atoms with Gasteiger partial charge in [-0.2, -0.15) is 0 Å². The minimum Gasteiger partial charge on any atom is -0.494 e. The van der Waals surface area contributed by atoms with Gasteiger partial charge in [-0.05, 0) is 12.1 Å². The number of amides is 3. The Balaban J connectivity index is 1.96. The third-order valence-electron chi connectivity index (χ3n) is 3.17. The third-order valence-corrected chi connectivity index (χ3v) is 3.17. The first-order valence-electron chi connectivity index (χ1n) is 6.94. The van der Waals surface area contributed by atoms with Crippen molar-refractivity contribution in [2.75, 3.05) is 37.5 Å². The molecule has 1 saturated heterocycles. The van der Waals surface area contributed by atoms with E-state index >= 15 is 0 Å². The molecule has 5 N–H and O–H groups in total. The van der Waals surface area contributed by atoms with Gasteiger partial charge in [0, 0.05) is 30.8 Å². The van der Waals surface area contributed by atoms with Crippen LogP contribution in [0.25, 0.3) is 0 Å². The van der Waals surface area contributed by atoms with Crippen LogP contribution in [0.1, 0.15) is 6.42 Å². The Kier molecular flexibility index (Phi) is 5.56. The summed E-state index contributed by atoms with van der Waals surface area (Å²) in [6, 6.07) is 4.23. The Morgan fingerprint density at radius 3 is 2.91 bits per heavy atom. The highest BCUT2D eigenvalue weighted by Gasteiger charge is 2.17. The number of nitrogens with two attached hydrogens (primary N) is 1. The fourth-order valence-electron chi connectivity index (χ4n) is 2.19. The zero-order valence-electron chi connectivity index (χ0n) is 12.3. The summed E-state index contributed by atoms with van der Waals surface area (Å²) in [5.41, 5.74) is 6.09. The molecule has 2 rings (SSSR count). The molecule has 0 bridgehead atoms. The van der Waals surface area contributed by atoms with Crippen LogP contribution in [-0.4, -0.2) is 44.8 Å². The van der Waals surface area contributed by atoms with Crippen molar-refractivity contribution in [3.8, 4) is 5.75 Å². The van der Waals surface area contributed by atoms with E-state index in [0.717, 1.165) is 6.54 Å². The van der Waals surface area contributed by atoms with Gasteiger partial charge in [0.15, 0.2) is 0 Å². The first kappa shape index (κ1) is 16.1. The summed E-state index contributed by atoms with van der Waals surface area (Å²) in [5, 5.41) is 8.45. The topological polar surface area (TPSA) is 115 Å². The van der Waals surface area contributed by atoms with Crippen molar-refractivity contribution in [3.63, 3.8) is 0 Å². The number of benzene rings is 1. The summed E-state index contributed by atoms with van der Waals surface area (Å²) in [7, 11) is 1.47. The van der Waals surface area contributed by atoms with Crippen molar-refractivity contribution in [1.82, 2.24) is 5.32 Å². The van der Waals surface area contributed by atoms with Gasteiger partial charge in [-0.3, -0.25) is 4.79 Å². The summed E-state index contributed by atoms with van der Waals surface area (Å²) in [6.07, 6.45) is 0.323. The van der Waals surface area contributed by atoms with Crippen LogP contribution in [0.5, 0.6) is 5.75 Å². The molecule has 1 fully saturated rings. The van der Waals surface area contributed by atoms with Crippen molar-refractivity contribution in [2.24, 2.45) is 5.73 Å². The molecular weight excluding hydrogens is 288 g/mol. The van der Waals surface area contributed by atoms with E-state index in [1.807, 2.05) is 0 Å². The summed E-state index contributed by atoms with van der Waals surface area (Å²) in [6.45, 7) is 1.95. The standard InChI is InChI=1S/C14H20N4O4/c1-21-12-6-9(2-3-11(12)18-14(15)20)17-13(19)7-10-8-22-5-4-16-10/h2-3,6,10,16H,4-5,7-8H2,1H3,(H,17,19)(H3,15,18,20). The highest BCUT2D eigenvalue weighted by Crippen LogP contribution is 2.27. The van der Waals surface area contributed by atoms with Gasteiger partial charge in [-0.1, -0.05) is 0 Å². The molecule has 0 radical (unpaired) electrons. The van der Waals surface area contributed by atoms with Crippen LogP contribution in [0.4, 0.5) is 16.2 Å². The summed E-state index contributed by atoms with van der Waals surface area (Å²) < 4.78 is 10.5. The Bertz CT molecular complexity index is 544. The number of urea groups is 1. The first-order valence-corrected chi connectivity index (χ1v) is 6.94. The zero-order chi connectivity index (χ0) is 15.9. The van der Waals surface area contributed by atoms with Crippen molar-refractivity contribution in [1.29, 1.82) is 0 Å². The van der Waals surface area contributed by atoms with Crippen LogP contribution in [-0.2, 0) is 9.53 Å². The molecule has 8 heteroatoms. The van der Waals surface area contributed by atoms with Gasteiger partial charge in [0.05, 0.1) is 26.0 Å². The van der Waals surface area contributed by atoms with E-state index in [1.165, 1.54) is 7.11 Å². The number of primary amides is 1. The number of hydrogen-bond acceptors (Lipinski definition) is 5. The molecule has 0 spiro atoms. The van der Waals surface area contributed by atoms with Gasteiger partial charge in [-0.15, -0.1) is 0 Å². The highest BCUT2D eigenvalue weighted by molar-refractivity contribution is 5.93. The molecule has 0 saturated carbocycles. The number of hydrogen-bond donors (Lipinski definition) is 4. The number of ether oxygens (including phenoxy) is 2.